The van der Waals surface area contributed by atoms with Crippen LogP contribution < -0.4 is 0 Å². The zero-order valence-electron chi connectivity index (χ0n) is 8.58. The predicted octanol–water partition coefficient (Wildman–Crippen LogP) is 1.05. The van der Waals surface area contributed by atoms with Crippen molar-refractivity contribution >= 4 is 5.97 Å². The molecule has 0 aliphatic carbocycles. The molecule has 0 radical (unpaired) electrons. The molecular formula is C10H10N4O2. The van der Waals surface area contributed by atoms with E-state index in [0.29, 0.717) is 5.82 Å². The first kappa shape index (κ1) is 10.3. The third kappa shape index (κ3) is 1.90. The number of nitrogens with zero attached hydrogens (tertiary/aromatic N) is 3. The van der Waals surface area contributed by atoms with E-state index in [4.69, 9.17) is 5.11 Å². The van der Waals surface area contributed by atoms with Crippen molar-refractivity contribution in [3.8, 4) is 11.4 Å². The number of H-pyrrole nitrogens is 1. The van der Waals surface area contributed by atoms with Crippen molar-refractivity contribution < 1.29 is 9.90 Å². The number of carboxylic acid groups (broad SMARTS) is 1. The summed E-state index contributed by atoms with van der Waals surface area (Å²) in [6.45, 7) is 1.64. The molecule has 0 saturated heterocycles. The minimum atomic E-state index is -0.840. The van der Waals surface area contributed by atoms with Gasteiger partial charge >= 0.3 is 5.97 Å². The quantitative estimate of drug-likeness (QED) is 0.803. The van der Waals surface area contributed by atoms with Crippen molar-refractivity contribution in [2.75, 3.05) is 0 Å². The van der Waals surface area contributed by atoms with E-state index in [1.807, 2.05) is 0 Å². The summed E-state index contributed by atoms with van der Waals surface area (Å²) in [6, 6.07) is 7.06. The van der Waals surface area contributed by atoms with Crippen LogP contribution in [0.25, 0.3) is 11.4 Å². The summed E-state index contributed by atoms with van der Waals surface area (Å²) in [4.78, 5) is 10.8. The van der Waals surface area contributed by atoms with Gasteiger partial charge in [-0.3, -0.25) is 4.79 Å². The molecular weight excluding hydrogens is 208 g/mol. The third-order valence-corrected chi connectivity index (χ3v) is 2.38. The zero-order valence-corrected chi connectivity index (χ0v) is 8.58. The molecule has 1 atom stereocenters. The summed E-state index contributed by atoms with van der Waals surface area (Å²) in [6.07, 6.45) is 0. The average Bonchev–Trinajstić information content (AvgIpc) is 2.81. The Bertz CT molecular complexity index is 478. The highest BCUT2D eigenvalue weighted by Crippen LogP contribution is 2.19. The molecule has 6 heteroatoms. The number of aromatic amines is 1. The van der Waals surface area contributed by atoms with E-state index in [9.17, 15) is 4.79 Å². The van der Waals surface area contributed by atoms with Crippen molar-refractivity contribution in [1.82, 2.24) is 20.6 Å². The van der Waals surface area contributed by atoms with Gasteiger partial charge in [-0.1, -0.05) is 24.3 Å². The molecule has 1 aromatic heterocycles. The predicted molar refractivity (Wildman–Crippen MR) is 55.7 cm³/mol. The number of rotatable bonds is 3. The fourth-order valence-corrected chi connectivity index (χ4v) is 1.35. The van der Waals surface area contributed by atoms with Gasteiger partial charge in [0.1, 0.15) is 0 Å². The smallest absolute Gasteiger partial charge is 0.310 e. The van der Waals surface area contributed by atoms with Crippen LogP contribution in [0.4, 0.5) is 0 Å². The summed E-state index contributed by atoms with van der Waals surface area (Å²) in [5.41, 5.74) is 1.55. The number of carbonyl (C=O) groups is 1. The van der Waals surface area contributed by atoms with E-state index in [1.165, 1.54) is 0 Å². The number of carboxylic acids is 1. The lowest BCUT2D eigenvalue weighted by molar-refractivity contribution is -0.138. The maximum Gasteiger partial charge on any atom is 0.310 e. The first-order valence-corrected chi connectivity index (χ1v) is 4.75. The molecule has 0 bridgehead atoms. The number of aromatic nitrogens is 4. The van der Waals surface area contributed by atoms with Gasteiger partial charge in [-0.15, -0.1) is 10.2 Å². The van der Waals surface area contributed by atoms with Gasteiger partial charge in [0.2, 0.25) is 5.82 Å². The molecule has 16 heavy (non-hydrogen) atoms. The number of benzene rings is 1. The second-order valence-corrected chi connectivity index (χ2v) is 3.42. The maximum absolute atomic E-state index is 10.8. The minimum Gasteiger partial charge on any atom is -0.481 e. The molecule has 0 aliphatic heterocycles. The SMILES string of the molecule is CC(C(=O)O)c1ccc(-c2nn[nH]n2)cc1. The summed E-state index contributed by atoms with van der Waals surface area (Å²) in [5, 5.41) is 22.3. The number of hydrogen-bond donors (Lipinski definition) is 2. The van der Waals surface area contributed by atoms with Crippen LogP contribution in [0.5, 0.6) is 0 Å². The Morgan fingerprint density at radius 1 is 1.38 bits per heavy atom. The first-order chi connectivity index (χ1) is 7.68. The van der Waals surface area contributed by atoms with Crippen LogP contribution in [0.2, 0.25) is 0 Å². The fourth-order valence-electron chi connectivity index (χ4n) is 1.35. The van der Waals surface area contributed by atoms with Gasteiger partial charge in [0.05, 0.1) is 5.92 Å². The van der Waals surface area contributed by atoms with Crippen LogP contribution in [0.1, 0.15) is 18.4 Å². The van der Waals surface area contributed by atoms with Gasteiger partial charge in [0.25, 0.3) is 0 Å². The number of nitrogens with one attached hydrogen (secondary N) is 1. The Kier molecular flexibility index (Phi) is 2.63. The van der Waals surface area contributed by atoms with E-state index in [-0.39, 0.29) is 0 Å². The highest BCUT2D eigenvalue weighted by atomic mass is 16.4. The van der Waals surface area contributed by atoms with Crippen molar-refractivity contribution in [1.29, 1.82) is 0 Å². The lowest BCUT2D eigenvalue weighted by Gasteiger charge is -2.06. The molecule has 2 N–H and O–H groups in total. The number of tetrazole rings is 1. The molecule has 0 aliphatic rings. The second kappa shape index (κ2) is 4.09. The van der Waals surface area contributed by atoms with Gasteiger partial charge in [-0.05, 0) is 17.7 Å². The first-order valence-electron chi connectivity index (χ1n) is 4.75. The Balaban J connectivity index is 2.26. The molecule has 1 unspecified atom stereocenters. The number of hydrogen-bond acceptors (Lipinski definition) is 4. The molecule has 2 rings (SSSR count). The number of aliphatic carboxylic acids is 1. The highest BCUT2D eigenvalue weighted by Gasteiger charge is 2.13. The van der Waals surface area contributed by atoms with Crippen molar-refractivity contribution in [2.45, 2.75) is 12.8 Å². The van der Waals surface area contributed by atoms with Gasteiger partial charge in [-0.2, -0.15) is 5.21 Å². The van der Waals surface area contributed by atoms with Crippen LogP contribution in [0.15, 0.2) is 24.3 Å². The van der Waals surface area contributed by atoms with Gasteiger partial charge in [0, 0.05) is 5.56 Å². The molecule has 1 aromatic carbocycles. The average molecular weight is 218 g/mol. The van der Waals surface area contributed by atoms with E-state index in [2.05, 4.69) is 20.6 Å². The van der Waals surface area contributed by atoms with E-state index in [1.54, 1.807) is 31.2 Å². The van der Waals surface area contributed by atoms with Gasteiger partial charge < -0.3 is 5.11 Å². The molecule has 0 amide bonds. The van der Waals surface area contributed by atoms with Crippen LogP contribution in [0.3, 0.4) is 0 Å². The van der Waals surface area contributed by atoms with E-state index in [0.717, 1.165) is 11.1 Å². The second-order valence-electron chi connectivity index (χ2n) is 3.42. The summed E-state index contributed by atoms with van der Waals surface area (Å²) in [7, 11) is 0. The highest BCUT2D eigenvalue weighted by molar-refractivity contribution is 5.75. The minimum absolute atomic E-state index is 0.495. The van der Waals surface area contributed by atoms with Crippen LogP contribution in [-0.2, 0) is 4.79 Å². The maximum atomic E-state index is 10.8. The van der Waals surface area contributed by atoms with Gasteiger partial charge in [-0.25, -0.2) is 0 Å². The summed E-state index contributed by atoms with van der Waals surface area (Å²) >= 11 is 0. The van der Waals surface area contributed by atoms with Crippen LogP contribution in [0, 0.1) is 0 Å². The van der Waals surface area contributed by atoms with E-state index >= 15 is 0 Å². The Morgan fingerprint density at radius 2 is 2.06 bits per heavy atom. The van der Waals surface area contributed by atoms with Gasteiger partial charge in [0.15, 0.2) is 0 Å². The molecule has 0 spiro atoms. The van der Waals surface area contributed by atoms with Crippen LogP contribution in [-0.4, -0.2) is 31.7 Å². The molecule has 0 fully saturated rings. The summed E-state index contributed by atoms with van der Waals surface area (Å²) in [5.74, 6) is -0.860. The lowest BCUT2D eigenvalue weighted by atomic mass is 10.00. The largest absolute Gasteiger partial charge is 0.481 e. The van der Waals surface area contributed by atoms with E-state index < -0.39 is 11.9 Å². The zero-order chi connectivity index (χ0) is 11.5. The third-order valence-electron chi connectivity index (χ3n) is 2.38. The normalized spacial score (nSPS) is 12.3. The fraction of sp³-hybridized carbons (Fsp3) is 0.200. The topological polar surface area (TPSA) is 91.8 Å². The monoisotopic (exact) mass is 218 g/mol. The standard InChI is InChI=1S/C10H10N4O2/c1-6(10(15)16)7-2-4-8(5-3-7)9-11-13-14-12-9/h2-6H,1H3,(H,15,16)(H,11,12,13,14). The molecule has 82 valence electrons. The molecule has 6 nitrogen and oxygen atoms in total. The molecule has 0 saturated carbocycles. The van der Waals surface area contributed by atoms with Crippen molar-refractivity contribution in [2.24, 2.45) is 0 Å². The Morgan fingerprint density at radius 3 is 2.56 bits per heavy atom. The Hall–Kier alpha value is -2.24. The lowest BCUT2D eigenvalue weighted by Crippen LogP contribution is -2.06. The summed E-state index contributed by atoms with van der Waals surface area (Å²) < 4.78 is 0. The molecule has 1 heterocycles. The Labute approximate surface area is 91.3 Å². The van der Waals surface area contributed by atoms with Crippen LogP contribution >= 0.6 is 0 Å². The molecule has 2 aromatic rings. The van der Waals surface area contributed by atoms with Crippen molar-refractivity contribution in [3.05, 3.63) is 29.8 Å². The van der Waals surface area contributed by atoms with Crippen molar-refractivity contribution in [3.63, 3.8) is 0 Å².